The van der Waals surface area contributed by atoms with Gasteiger partial charge < -0.3 is 15.0 Å². The van der Waals surface area contributed by atoms with E-state index in [1.165, 1.54) is 16.2 Å². The molecule has 0 radical (unpaired) electrons. The number of thiazole rings is 1. The van der Waals surface area contributed by atoms with Crippen LogP contribution in [0.1, 0.15) is 33.4 Å². The third kappa shape index (κ3) is 5.30. The topological polar surface area (TPSA) is 71.5 Å². The van der Waals surface area contributed by atoms with Gasteiger partial charge in [-0.2, -0.15) is 0 Å². The predicted molar refractivity (Wildman–Crippen MR) is 125 cm³/mol. The molecule has 0 aliphatic rings. The smallest absolute Gasteiger partial charge is 0.266 e. The molecular formula is C24H27N3O3S. The monoisotopic (exact) mass is 437 g/mol. The van der Waals surface area contributed by atoms with Crippen molar-refractivity contribution in [3.8, 4) is 16.3 Å². The van der Waals surface area contributed by atoms with Crippen LogP contribution >= 0.6 is 11.3 Å². The SMILES string of the molecule is CCOc1ccc(-c2nc(C)c(C(=O)N(C)CC(=O)Nc3cccc(C)c3C)s2)cc1. The van der Waals surface area contributed by atoms with E-state index in [-0.39, 0.29) is 18.4 Å². The van der Waals surface area contributed by atoms with E-state index in [0.717, 1.165) is 33.1 Å². The molecule has 0 aliphatic carbocycles. The Bertz CT molecular complexity index is 1090. The minimum absolute atomic E-state index is 0.0397. The highest BCUT2D eigenvalue weighted by molar-refractivity contribution is 7.17. The van der Waals surface area contributed by atoms with Gasteiger partial charge in [0, 0.05) is 18.3 Å². The second kappa shape index (κ2) is 9.75. The van der Waals surface area contributed by atoms with Crippen LogP contribution in [0, 0.1) is 20.8 Å². The number of ether oxygens (including phenoxy) is 1. The van der Waals surface area contributed by atoms with Gasteiger partial charge in [-0.3, -0.25) is 9.59 Å². The van der Waals surface area contributed by atoms with Gasteiger partial charge >= 0.3 is 0 Å². The zero-order chi connectivity index (χ0) is 22.5. The highest BCUT2D eigenvalue weighted by atomic mass is 32.1. The summed E-state index contributed by atoms with van der Waals surface area (Å²) in [4.78, 5) is 32.0. The maximum Gasteiger partial charge on any atom is 0.266 e. The Morgan fingerprint density at radius 3 is 2.48 bits per heavy atom. The second-order valence-corrected chi connectivity index (χ2v) is 8.35. The summed E-state index contributed by atoms with van der Waals surface area (Å²) in [6, 6.07) is 13.4. The molecule has 1 heterocycles. The molecule has 0 unspecified atom stereocenters. The molecule has 0 aliphatic heterocycles. The van der Waals surface area contributed by atoms with E-state index in [9.17, 15) is 9.59 Å². The molecule has 31 heavy (non-hydrogen) atoms. The lowest BCUT2D eigenvalue weighted by Gasteiger charge is -2.17. The number of nitrogens with one attached hydrogen (secondary N) is 1. The molecule has 3 aromatic rings. The van der Waals surface area contributed by atoms with Crippen LogP contribution in [-0.2, 0) is 4.79 Å². The van der Waals surface area contributed by atoms with Gasteiger partial charge in [0.25, 0.3) is 5.91 Å². The number of carbonyl (C=O) groups is 2. The predicted octanol–water partition coefficient (Wildman–Crippen LogP) is 4.84. The molecule has 0 saturated carbocycles. The minimum atomic E-state index is -0.238. The maximum absolute atomic E-state index is 13.0. The van der Waals surface area contributed by atoms with E-state index in [1.54, 1.807) is 7.05 Å². The number of benzene rings is 2. The zero-order valence-corrected chi connectivity index (χ0v) is 19.3. The molecule has 1 aromatic heterocycles. The quantitative estimate of drug-likeness (QED) is 0.574. The Hall–Kier alpha value is -3.19. The summed E-state index contributed by atoms with van der Waals surface area (Å²) >= 11 is 1.33. The van der Waals surface area contributed by atoms with Crippen molar-refractivity contribution in [1.29, 1.82) is 0 Å². The van der Waals surface area contributed by atoms with Gasteiger partial charge in [-0.25, -0.2) is 4.98 Å². The summed E-state index contributed by atoms with van der Waals surface area (Å²) in [7, 11) is 1.63. The Morgan fingerprint density at radius 1 is 1.10 bits per heavy atom. The van der Waals surface area contributed by atoms with Crippen molar-refractivity contribution in [2.45, 2.75) is 27.7 Å². The van der Waals surface area contributed by atoms with E-state index in [1.807, 2.05) is 70.2 Å². The lowest BCUT2D eigenvalue weighted by Crippen LogP contribution is -2.35. The van der Waals surface area contributed by atoms with Crippen LogP contribution in [0.2, 0.25) is 0 Å². The number of amides is 2. The van der Waals surface area contributed by atoms with Gasteiger partial charge in [-0.05, 0) is 69.2 Å². The van der Waals surface area contributed by atoms with Crippen LogP contribution in [0.5, 0.6) is 5.75 Å². The standard InChI is InChI=1S/C24H27N3O3S/c1-6-30-19-12-10-18(11-13-19)23-25-17(4)22(31-23)24(29)27(5)14-21(28)26-20-9-7-8-15(2)16(20)3/h7-13H,6,14H2,1-5H3,(H,26,28). The van der Waals surface area contributed by atoms with E-state index in [2.05, 4.69) is 10.3 Å². The van der Waals surface area contributed by atoms with Crippen molar-refractivity contribution < 1.29 is 14.3 Å². The average Bonchev–Trinajstić information content (AvgIpc) is 3.13. The molecule has 0 saturated heterocycles. The van der Waals surface area contributed by atoms with E-state index in [0.29, 0.717) is 17.2 Å². The maximum atomic E-state index is 13.0. The van der Waals surface area contributed by atoms with Gasteiger partial charge in [-0.1, -0.05) is 12.1 Å². The van der Waals surface area contributed by atoms with Gasteiger partial charge in [-0.15, -0.1) is 11.3 Å². The van der Waals surface area contributed by atoms with Crippen LogP contribution in [0.25, 0.3) is 10.6 Å². The van der Waals surface area contributed by atoms with Crippen molar-refractivity contribution >= 4 is 28.8 Å². The Morgan fingerprint density at radius 2 is 1.81 bits per heavy atom. The number of aromatic nitrogens is 1. The van der Waals surface area contributed by atoms with E-state index < -0.39 is 0 Å². The number of aryl methyl sites for hydroxylation is 2. The van der Waals surface area contributed by atoms with Crippen molar-refractivity contribution in [3.05, 3.63) is 64.2 Å². The minimum Gasteiger partial charge on any atom is -0.494 e. The number of anilines is 1. The summed E-state index contributed by atoms with van der Waals surface area (Å²) in [5.41, 5.74) is 4.46. The van der Waals surface area contributed by atoms with Crippen molar-refractivity contribution in [1.82, 2.24) is 9.88 Å². The molecule has 2 aromatic carbocycles. The normalized spacial score (nSPS) is 10.6. The number of rotatable bonds is 7. The first-order valence-electron chi connectivity index (χ1n) is 10.1. The summed E-state index contributed by atoms with van der Waals surface area (Å²) in [6.45, 7) is 8.28. The zero-order valence-electron chi connectivity index (χ0n) is 18.5. The molecule has 2 amide bonds. The number of hydrogen-bond acceptors (Lipinski definition) is 5. The Kier molecular flexibility index (Phi) is 7.07. The van der Waals surface area contributed by atoms with Crippen LogP contribution < -0.4 is 10.1 Å². The van der Waals surface area contributed by atoms with E-state index >= 15 is 0 Å². The first-order chi connectivity index (χ1) is 14.8. The van der Waals surface area contributed by atoms with Crippen LogP contribution in [-0.4, -0.2) is 41.9 Å². The summed E-state index contributed by atoms with van der Waals surface area (Å²) in [6.07, 6.45) is 0. The summed E-state index contributed by atoms with van der Waals surface area (Å²) in [5, 5.41) is 3.65. The Labute approximate surface area is 186 Å². The molecule has 0 spiro atoms. The van der Waals surface area contributed by atoms with Gasteiger partial charge in [0.15, 0.2) is 0 Å². The third-order valence-corrected chi connectivity index (χ3v) is 6.20. The number of hydrogen-bond donors (Lipinski definition) is 1. The molecule has 3 rings (SSSR count). The summed E-state index contributed by atoms with van der Waals surface area (Å²) in [5.74, 6) is 0.340. The van der Waals surface area contributed by atoms with Crippen LogP contribution in [0.3, 0.4) is 0 Å². The largest absolute Gasteiger partial charge is 0.494 e. The van der Waals surface area contributed by atoms with Gasteiger partial charge in [0.2, 0.25) is 5.91 Å². The molecule has 6 nitrogen and oxygen atoms in total. The fraction of sp³-hybridized carbons (Fsp3) is 0.292. The lowest BCUT2D eigenvalue weighted by atomic mass is 10.1. The van der Waals surface area contributed by atoms with Crippen molar-refractivity contribution in [2.75, 3.05) is 25.5 Å². The number of carbonyl (C=O) groups excluding carboxylic acids is 2. The van der Waals surface area contributed by atoms with Crippen molar-refractivity contribution in [3.63, 3.8) is 0 Å². The molecule has 0 bridgehead atoms. The first kappa shape index (κ1) is 22.5. The fourth-order valence-corrected chi connectivity index (χ4v) is 4.18. The fourth-order valence-electron chi connectivity index (χ4n) is 3.12. The number of nitrogens with zero attached hydrogens (tertiary/aromatic N) is 2. The molecule has 0 fully saturated rings. The highest BCUT2D eigenvalue weighted by Gasteiger charge is 2.21. The van der Waals surface area contributed by atoms with Gasteiger partial charge in [0.05, 0.1) is 18.8 Å². The first-order valence-corrected chi connectivity index (χ1v) is 10.9. The van der Waals surface area contributed by atoms with Crippen LogP contribution in [0.15, 0.2) is 42.5 Å². The number of likely N-dealkylation sites (N-methyl/N-ethyl adjacent to an activating group) is 1. The van der Waals surface area contributed by atoms with Crippen LogP contribution in [0.4, 0.5) is 5.69 Å². The Balaban J connectivity index is 1.69. The third-order valence-electron chi connectivity index (χ3n) is 5.01. The van der Waals surface area contributed by atoms with E-state index in [4.69, 9.17) is 4.74 Å². The molecule has 1 N–H and O–H groups in total. The average molecular weight is 438 g/mol. The van der Waals surface area contributed by atoms with Gasteiger partial charge in [0.1, 0.15) is 15.6 Å². The molecule has 0 atom stereocenters. The second-order valence-electron chi connectivity index (χ2n) is 7.35. The summed E-state index contributed by atoms with van der Waals surface area (Å²) < 4.78 is 5.47. The van der Waals surface area contributed by atoms with Crippen molar-refractivity contribution in [2.24, 2.45) is 0 Å². The highest BCUT2D eigenvalue weighted by Crippen LogP contribution is 2.30. The molecular weight excluding hydrogens is 410 g/mol. The molecule has 7 heteroatoms. The lowest BCUT2D eigenvalue weighted by molar-refractivity contribution is -0.116. The molecule has 162 valence electrons.